The number of methoxy groups -OCH3 is 1. The minimum absolute atomic E-state index is 0.0270. The van der Waals surface area contributed by atoms with E-state index in [0.717, 1.165) is 11.1 Å². The molecule has 0 spiro atoms. The van der Waals surface area contributed by atoms with E-state index in [1.165, 1.54) is 12.3 Å². The second-order valence-corrected chi connectivity index (χ2v) is 7.35. The maximum Gasteiger partial charge on any atom is 0.341 e. The van der Waals surface area contributed by atoms with Crippen LogP contribution in [0.2, 0.25) is 5.02 Å². The Kier molecular flexibility index (Phi) is 5.58. The van der Waals surface area contributed by atoms with Gasteiger partial charge in [0, 0.05) is 31.0 Å². The van der Waals surface area contributed by atoms with Crippen LogP contribution in [0, 0.1) is 5.92 Å². The van der Waals surface area contributed by atoms with Gasteiger partial charge in [-0.25, -0.2) is 4.79 Å². The van der Waals surface area contributed by atoms with Crippen molar-refractivity contribution in [2.24, 2.45) is 5.92 Å². The van der Waals surface area contributed by atoms with Gasteiger partial charge in [0.25, 0.3) is 0 Å². The highest BCUT2D eigenvalue weighted by Gasteiger charge is 2.28. The smallest absolute Gasteiger partial charge is 0.341 e. The van der Waals surface area contributed by atoms with Gasteiger partial charge in [-0.05, 0) is 30.0 Å². The van der Waals surface area contributed by atoms with Gasteiger partial charge in [-0.2, -0.15) is 0 Å². The summed E-state index contributed by atoms with van der Waals surface area (Å²) in [6.45, 7) is 4.99. The number of halogens is 1. The molecule has 1 atom stereocenters. The number of benzene rings is 1. The van der Waals surface area contributed by atoms with Crippen LogP contribution in [0.5, 0.6) is 5.75 Å². The first-order valence-corrected chi connectivity index (χ1v) is 9.15. The molecule has 2 heterocycles. The van der Waals surface area contributed by atoms with E-state index in [1.807, 2.05) is 10.6 Å². The first kappa shape index (κ1) is 19.5. The molecule has 1 aliphatic heterocycles. The Bertz CT molecular complexity index is 935. The van der Waals surface area contributed by atoms with E-state index in [9.17, 15) is 14.7 Å². The van der Waals surface area contributed by atoms with Crippen LogP contribution in [0.3, 0.4) is 0 Å². The molecule has 1 unspecified atom stereocenters. The molecular weight excluding hydrogens is 370 g/mol. The molecule has 1 N–H and O–H groups in total. The van der Waals surface area contributed by atoms with Crippen LogP contribution in [-0.4, -0.2) is 36.0 Å². The zero-order chi connectivity index (χ0) is 19.7. The number of carbonyl (C=O) groups is 1. The van der Waals surface area contributed by atoms with Gasteiger partial charge in [0.1, 0.15) is 17.9 Å². The number of pyridine rings is 1. The zero-order valence-electron chi connectivity index (χ0n) is 15.5. The maximum absolute atomic E-state index is 12.3. The summed E-state index contributed by atoms with van der Waals surface area (Å²) >= 11 is 6.38. The predicted molar refractivity (Wildman–Crippen MR) is 103 cm³/mol. The lowest BCUT2D eigenvalue weighted by molar-refractivity contribution is 0.0694. The first-order valence-electron chi connectivity index (χ1n) is 8.77. The lowest BCUT2D eigenvalue weighted by Gasteiger charge is -2.33. The summed E-state index contributed by atoms with van der Waals surface area (Å²) in [5, 5.41) is 9.75. The summed E-state index contributed by atoms with van der Waals surface area (Å²) in [4.78, 5) is 23.7. The summed E-state index contributed by atoms with van der Waals surface area (Å²) < 4.78 is 12.6. The van der Waals surface area contributed by atoms with Gasteiger partial charge in [-0.1, -0.05) is 25.4 Å². The van der Waals surface area contributed by atoms with Crippen molar-refractivity contribution in [2.75, 3.05) is 20.3 Å². The van der Waals surface area contributed by atoms with Gasteiger partial charge in [0.05, 0.1) is 17.3 Å². The number of fused-ring (bicyclic) bond motifs is 3. The highest BCUT2D eigenvalue weighted by Crippen LogP contribution is 2.41. The monoisotopic (exact) mass is 391 g/mol. The van der Waals surface area contributed by atoms with E-state index >= 15 is 0 Å². The molecule has 2 aromatic rings. The number of aromatic nitrogens is 1. The number of nitrogens with zero attached hydrogens (tertiary/aromatic N) is 1. The van der Waals surface area contributed by atoms with Gasteiger partial charge in [-0.3, -0.25) is 4.79 Å². The number of carboxylic acids is 1. The second kappa shape index (κ2) is 7.74. The highest BCUT2D eigenvalue weighted by molar-refractivity contribution is 6.32. The van der Waals surface area contributed by atoms with Gasteiger partial charge in [0.15, 0.2) is 5.43 Å². The molecule has 7 heteroatoms. The van der Waals surface area contributed by atoms with E-state index in [-0.39, 0.29) is 17.5 Å². The van der Waals surface area contributed by atoms with E-state index in [0.29, 0.717) is 36.1 Å². The Morgan fingerprint density at radius 1 is 1.33 bits per heavy atom. The van der Waals surface area contributed by atoms with Crippen LogP contribution in [-0.2, 0) is 11.2 Å². The molecule has 0 aliphatic carbocycles. The first-order chi connectivity index (χ1) is 12.8. The van der Waals surface area contributed by atoms with Crippen molar-refractivity contribution in [1.29, 1.82) is 0 Å². The average Bonchev–Trinajstić information content (AvgIpc) is 2.61. The molecule has 0 saturated carbocycles. The van der Waals surface area contributed by atoms with Crippen molar-refractivity contribution in [3.63, 3.8) is 0 Å². The number of hydrogen-bond donors (Lipinski definition) is 1. The maximum atomic E-state index is 12.3. The fourth-order valence-corrected chi connectivity index (χ4v) is 3.65. The Morgan fingerprint density at radius 3 is 2.70 bits per heavy atom. The van der Waals surface area contributed by atoms with Crippen molar-refractivity contribution in [3.05, 3.63) is 50.8 Å². The summed E-state index contributed by atoms with van der Waals surface area (Å²) in [6.07, 6.45) is 2.14. The van der Waals surface area contributed by atoms with E-state index in [4.69, 9.17) is 21.1 Å². The van der Waals surface area contributed by atoms with Gasteiger partial charge in [0.2, 0.25) is 0 Å². The van der Waals surface area contributed by atoms with Crippen LogP contribution in [0.4, 0.5) is 0 Å². The standard InChI is InChI=1S/C20H22ClNO5/c1-11(2)16-6-12-7-19(27-5-4-26-3)15(21)8-13(12)17-9-18(23)14(20(24)25)10-22(16)17/h7-11,16H,4-6H2,1-3H3,(H,24,25). The number of ether oxygens (including phenoxy) is 2. The molecule has 1 aliphatic rings. The minimum Gasteiger partial charge on any atom is -0.490 e. The second-order valence-electron chi connectivity index (χ2n) is 6.95. The topological polar surface area (TPSA) is 77.8 Å². The summed E-state index contributed by atoms with van der Waals surface area (Å²) in [6, 6.07) is 5.10. The normalized spacial score (nSPS) is 15.4. The molecule has 0 fully saturated rings. The van der Waals surface area contributed by atoms with Crippen LogP contribution in [0.25, 0.3) is 11.3 Å². The van der Waals surface area contributed by atoms with Crippen LogP contribution in [0.15, 0.2) is 29.2 Å². The number of aromatic carboxylic acids is 1. The van der Waals surface area contributed by atoms with E-state index in [1.54, 1.807) is 13.2 Å². The quantitative estimate of drug-likeness (QED) is 0.760. The zero-order valence-corrected chi connectivity index (χ0v) is 16.2. The van der Waals surface area contributed by atoms with Crippen LogP contribution >= 0.6 is 11.6 Å². The summed E-state index contributed by atoms with van der Waals surface area (Å²) in [5.41, 5.74) is 1.78. The van der Waals surface area contributed by atoms with Crippen molar-refractivity contribution in [3.8, 4) is 17.0 Å². The predicted octanol–water partition coefficient (Wildman–Crippen LogP) is 3.65. The Labute approximate surface area is 162 Å². The van der Waals surface area contributed by atoms with Gasteiger partial charge in [-0.15, -0.1) is 0 Å². The van der Waals surface area contributed by atoms with E-state index < -0.39 is 11.4 Å². The molecule has 0 bridgehead atoms. The average molecular weight is 392 g/mol. The molecule has 3 rings (SSSR count). The lowest BCUT2D eigenvalue weighted by atomic mass is 9.87. The number of hydrogen-bond acceptors (Lipinski definition) is 4. The van der Waals surface area contributed by atoms with Crippen LogP contribution in [0.1, 0.15) is 35.8 Å². The van der Waals surface area contributed by atoms with Crippen molar-refractivity contribution < 1.29 is 19.4 Å². The third-order valence-corrected chi connectivity index (χ3v) is 5.14. The van der Waals surface area contributed by atoms with Gasteiger partial charge >= 0.3 is 5.97 Å². The Balaban J connectivity index is 2.14. The van der Waals surface area contributed by atoms with Crippen molar-refractivity contribution >= 4 is 17.6 Å². The molecule has 1 aromatic carbocycles. The number of rotatable bonds is 6. The summed E-state index contributed by atoms with van der Waals surface area (Å²) in [7, 11) is 1.60. The molecular formula is C20H22ClNO5. The molecule has 0 amide bonds. The van der Waals surface area contributed by atoms with Gasteiger partial charge < -0.3 is 19.1 Å². The minimum atomic E-state index is -1.22. The molecule has 27 heavy (non-hydrogen) atoms. The fourth-order valence-electron chi connectivity index (χ4n) is 3.43. The molecule has 6 nitrogen and oxygen atoms in total. The summed E-state index contributed by atoms with van der Waals surface area (Å²) in [5.74, 6) is -0.397. The largest absolute Gasteiger partial charge is 0.490 e. The molecule has 0 radical (unpaired) electrons. The van der Waals surface area contributed by atoms with Crippen molar-refractivity contribution in [2.45, 2.75) is 26.3 Å². The highest BCUT2D eigenvalue weighted by atomic mass is 35.5. The van der Waals surface area contributed by atoms with Crippen LogP contribution < -0.4 is 10.2 Å². The number of carboxylic acid groups (broad SMARTS) is 1. The third kappa shape index (κ3) is 3.73. The Morgan fingerprint density at radius 2 is 2.07 bits per heavy atom. The van der Waals surface area contributed by atoms with Crippen molar-refractivity contribution in [1.82, 2.24) is 4.57 Å². The SMILES string of the molecule is COCCOc1cc2c(cc1Cl)-c1cc(=O)c(C(=O)O)cn1C(C(C)C)C2. The molecule has 0 saturated heterocycles. The molecule has 144 valence electrons. The lowest BCUT2D eigenvalue weighted by Crippen LogP contribution is -2.28. The third-order valence-electron chi connectivity index (χ3n) is 4.84. The molecule has 1 aromatic heterocycles. The fraction of sp³-hybridized carbons (Fsp3) is 0.400. The Hall–Kier alpha value is -2.31. The van der Waals surface area contributed by atoms with E-state index in [2.05, 4.69) is 13.8 Å².